The number of nitro benzene ring substituents is 1. The summed E-state index contributed by atoms with van der Waals surface area (Å²) in [6.07, 6.45) is 3.12. The lowest BCUT2D eigenvalue weighted by molar-refractivity contribution is -0.384. The summed E-state index contributed by atoms with van der Waals surface area (Å²) in [7, 11) is 0. The highest BCUT2D eigenvalue weighted by Crippen LogP contribution is 2.11. The van der Waals surface area contributed by atoms with Gasteiger partial charge in [-0.1, -0.05) is 12.2 Å². The molecule has 1 aromatic carbocycles. The van der Waals surface area contributed by atoms with Crippen molar-refractivity contribution in [1.29, 1.82) is 0 Å². The van der Waals surface area contributed by atoms with Crippen LogP contribution in [0.5, 0.6) is 0 Å². The number of rotatable bonds is 5. The first kappa shape index (κ1) is 12.9. The van der Waals surface area contributed by atoms with Crippen LogP contribution in [0.15, 0.2) is 36.4 Å². The molecule has 6 heteroatoms. The predicted molar refractivity (Wildman–Crippen MR) is 61.7 cm³/mol. The van der Waals surface area contributed by atoms with Gasteiger partial charge in [0.15, 0.2) is 0 Å². The number of amides is 1. The van der Waals surface area contributed by atoms with Gasteiger partial charge in [0.05, 0.1) is 11.5 Å². The van der Waals surface area contributed by atoms with E-state index in [9.17, 15) is 14.9 Å². The normalized spacial score (nSPS) is 10.4. The van der Waals surface area contributed by atoms with Gasteiger partial charge in [0.25, 0.3) is 11.6 Å². The van der Waals surface area contributed by atoms with Gasteiger partial charge in [0.2, 0.25) is 0 Å². The Labute approximate surface area is 97.7 Å². The summed E-state index contributed by atoms with van der Waals surface area (Å²) in [6, 6.07) is 5.34. The molecule has 0 fully saturated rings. The molecule has 6 nitrogen and oxygen atoms in total. The van der Waals surface area contributed by atoms with E-state index in [2.05, 4.69) is 5.32 Å². The van der Waals surface area contributed by atoms with E-state index < -0.39 is 4.92 Å². The first-order chi connectivity index (χ1) is 8.15. The Morgan fingerprint density at radius 2 is 2.00 bits per heavy atom. The fourth-order valence-corrected chi connectivity index (χ4v) is 1.15. The van der Waals surface area contributed by atoms with E-state index in [1.165, 1.54) is 30.3 Å². The van der Waals surface area contributed by atoms with Crippen LogP contribution in [0.3, 0.4) is 0 Å². The standard InChI is InChI=1S/C11H12N2O4/c14-8-2-1-7-12-11(15)9-3-5-10(6-4-9)13(16)17/h1-6,14H,7-8H2,(H,12,15)/b2-1+. The Morgan fingerprint density at radius 3 is 2.53 bits per heavy atom. The van der Waals surface area contributed by atoms with Crippen LogP contribution in [-0.2, 0) is 0 Å². The molecule has 0 saturated heterocycles. The number of hydrogen-bond donors (Lipinski definition) is 2. The molecule has 0 saturated carbocycles. The summed E-state index contributed by atoms with van der Waals surface area (Å²) in [5.74, 6) is -0.317. The average molecular weight is 236 g/mol. The minimum Gasteiger partial charge on any atom is -0.392 e. The Bertz CT molecular complexity index is 426. The molecule has 90 valence electrons. The molecule has 0 heterocycles. The second-order valence-electron chi connectivity index (χ2n) is 3.17. The Balaban J connectivity index is 2.57. The predicted octanol–water partition coefficient (Wildman–Crippen LogP) is 0.873. The molecule has 17 heavy (non-hydrogen) atoms. The second-order valence-corrected chi connectivity index (χ2v) is 3.17. The highest BCUT2D eigenvalue weighted by Gasteiger charge is 2.08. The lowest BCUT2D eigenvalue weighted by atomic mass is 10.2. The maximum absolute atomic E-state index is 11.5. The molecule has 0 aliphatic heterocycles. The minimum absolute atomic E-state index is 0.0540. The largest absolute Gasteiger partial charge is 0.392 e. The summed E-state index contributed by atoms with van der Waals surface area (Å²) in [6.45, 7) is 0.226. The minimum atomic E-state index is -0.522. The number of aliphatic hydroxyl groups is 1. The molecule has 1 rings (SSSR count). The van der Waals surface area contributed by atoms with Crippen molar-refractivity contribution in [1.82, 2.24) is 5.32 Å². The van der Waals surface area contributed by atoms with Gasteiger partial charge < -0.3 is 10.4 Å². The number of carbonyl (C=O) groups excluding carboxylic acids is 1. The summed E-state index contributed by atoms with van der Waals surface area (Å²) in [5, 5.41) is 21.4. The van der Waals surface area contributed by atoms with Crippen molar-refractivity contribution < 1.29 is 14.8 Å². The van der Waals surface area contributed by atoms with Crippen LogP contribution >= 0.6 is 0 Å². The van der Waals surface area contributed by atoms with E-state index in [4.69, 9.17) is 5.11 Å². The third-order valence-corrected chi connectivity index (χ3v) is 1.99. The molecule has 0 radical (unpaired) electrons. The van der Waals surface area contributed by atoms with Gasteiger partial charge in [-0.25, -0.2) is 0 Å². The fraction of sp³-hybridized carbons (Fsp3) is 0.182. The second kappa shape index (κ2) is 6.39. The van der Waals surface area contributed by atoms with Crippen LogP contribution in [-0.4, -0.2) is 29.1 Å². The van der Waals surface area contributed by atoms with Crippen LogP contribution in [0.1, 0.15) is 10.4 Å². The van der Waals surface area contributed by atoms with Crippen molar-refractivity contribution in [3.63, 3.8) is 0 Å². The number of aliphatic hydroxyl groups excluding tert-OH is 1. The molecular formula is C11H12N2O4. The van der Waals surface area contributed by atoms with Crippen LogP contribution in [0.4, 0.5) is 5.69 Å². The van der Waals surface area contributed by atoms with Gasteiger partial charge in [0.1, 0.15) is 0 Å². The van der Waals surface area contributed by atoms with Crippen molar-refractivity contribution in [3.8, 4) is 0 Å². The van der Waals surface area contributed by atoms with Crippen LogP contribution in [0, 0.1) is 10.1 Å². The third-order valence-electron chi connectivity index (χ3n) is 1.99. The van der Waals surface area contributed by atoms with Crippen molar-refractivity contribution in [2.24, 2.45) is 0 Å². The number of benzene rings is 1. The van der Waals surface area contributed by atoms with Gasteiger partial charge in [-0.2, -0.15) is 0 Å². The number of nitrogens with zero attached hydrogens (tertiary/aromatic N) is 1. The van der Waals surface area contributed by atoms with Gasteiger partial charge in [-0.3, -0.25) is 14.9 Å². The molecule has 0 aliphatic rings. The monoisotopic (exact) mass is 236 g/mol. The summed E-state index contributed by atoms with van der Waals surface area (Å²) >= 11 is 0. The first-order valence-electron chi connectivity index (χ1n) is 4.93. The first-order valence-corrected chi connectivity index (χ1v) is 4.93. The number of nitro groups is 1. The third kappa shape index (κ3) is 4.04. The van der Waals surface area contributed by atoms with Gasteiger partial charge >= 0.3 is 0 Å². The zero-order valence-corrected chi connectivity index (χ0v) is 9.00. The zero-order valence-electron chi connectivity index (χ0n) is 9.00. The number of nitrogens with one attached hydrogen (secondary N) is 1. The average Bonchev–Trinajstić information content (AvgIpc) is 2.34. The Morgan fingerprint density at radius 1 is 1.35 bits per heavy atom. The molecule has 0 spiro atoms. The van der Waals surface area contributed by atoms with Crippen LogP contribution in [0.25, 0.3) is 0 Å². The molecule has 0 atom stereocenters. The quantitative estimate of drug-likeness (QED) is 0.450. The van der Waals surface area contributed by atoms with Crippen molar-refractivity contribution in [2.75, 3.05) is 13.2 Å². The Kier molecular flexibility index (Phi) is 4.83. The van der Waals surface area contributed by atoms with Gasteiger partial charge in [-0.15, -0.1) is 0 Å². The van der Waals surface area contributed by atoms with Gasteiger partial charge in [0, 0.05) is 24.2 Å². The molecular weight excluding hydrogens is 224 g/mol. The maximum Gasteiger partial charge on any atom is 0.269 e. The SMILES string of the molecule is O=C(NC/C=C/CO)c1ccc([N+](=O)[O-])cc1. The topological polar surface area (TPSA) is 92.5 Å². The lowest BCUT2D eigenvalue weighted by Gasteiger charge is -2.01. The number of non-ortho nitro benzene ring substituents is 1. The molecule has 0 aromatic heterocycles. The van der Waals surface area contributed by atoms with Crippen LogP contribution in [0.2, 0.25) is 0 Å². The van der Waals surface area contributed by atoms with E-state index in [1.54, 1.807) is 6.08 Å². The van der Waals surface area contributed by atoms with Gasteiger partial charge in [-0.05, 0) is 12.1 Å². The van der Waals surface area contributed by atoms with Crippen molar-refractivity contribution >= 4 is 11.6 Å². The van der Waals surface area contributed by atoms with E-state index in [0.29, 0.717) is 12.1 Å². The zero-order chi connectivity index (χ0) is 12.7. The number of hydrogen-bond acceptors (Lipinski definition) is 4. The highest BCUT2D eigenvalue weighted by molar-refractivity contribution is 5.94. The van der Waals surface area contributed by atoms with Crippen molar-refractivity contribution in [3.05, 3.63) is 52.1 Å². The van der Waals surface area contributed by atoms with E-state index in [-0.39, 0.29) is 18.2 Å². The van der Waals surface area contributed by atoms with Crippen molar-refractivity contribution in [2.45, 2.75) is 0 Å². The lowest BCUT2D eigenvalue weighted by Crippen LogP contribution is -2.23. The molecule has 0 aliphatic carbocycles. The van der Waals surface area contributed by atoms with E-state index in [0.717, 1.165) is 0 Å². The molecule has 1 amide bonds. The van der Waals surface area contributed by atoms with E-state index >= 15 is 0 Å². The summed E-state index contributed by atoms with van der Waals surface area (Å²) < 4.78 is 0. The van der Waals surface area contributed by atoms with E-state index in [1.807, 2.05) is 0 Å². The number of carbonyl (C=O) groups is 1. The Hall–Kier alpha value is -2.21. The summed E-state index contributed by atoms with van der Waals surface area (Å²) in [4.78, 5) is 21.4. The highest BCUT2D eigenvalue weighted by atomic mass is 16.6. The smallest absolute Gasteiger partial charge is 0.269 e. The molecule has 1 aromatic rings. The maximum atomic E-state index is 11.5. The summed E-state index contributed by atoms with van der Waals surface area (Å²) in [5.41, 5.74) is 0.301. The fourth-order valence-electron chi connectivity index (χ4n) is 1.15. The molecule has 0 bridgehead atoms. The molecule has 0 unspecified atom stereocenters. The van der Waals surface area contributed by atoms with Crippen LogP contribution < -0.4 is 5.32 Å². The molecule has 2 N–H and O–H groups in total.